The van der Waals surface area contributed by atoms with E-state index < -0.39 is 0 Å². The summed E-state index contributed by atoms with van der Waals surface area (Å²) in [4.78, 5) is 4.05. The highest BCUT2D eigenvalue weighted by Gasteiger charge is 2.08. The first-order chi connectivity index (χ1) is 7.29. The quantitative estimate of drug-likeness (QED) is 0.775. The molecule has 0 atom stereocenters. The minimum atomic E-state index is 0.227. The minimum Gasteiger partial charge on any atom is -0.508 e. The molecule has 15 heavy (non-hydrogen) atoms. The van der Waals surface area contributed by atoms with E-state index in [1.165, 1.54) is 0 Å². The highest BCUT2D eigenvalue weighted by Crippen LogP contribution is 2.18. The van der Waals surface area contributed by atoms with E-state index in [1.807, 2.05) is 12.1 Å². The number of aromatic nitrogens is 2. The zero-order valence-corrected chi connectivity index (χ0v) is 8.05. The fourth-order valence-electron chi connectivity index (χ4n) is 1.27. The monoisotopic (exact) mass is 205 g/mol. The van der Waals surface area contributed by atoms with Crippen LogP contribution >= 0.6 is 0 Å². The summed E-state index contributed by atoms with van der Waals surface area (Å²) < 4.78 is 4.96. The SMILES string of the molecule is NCc1noc(Cc2ccccc2O)n1. The van der Waals surface area contributed by atoms with Crippen molar-refractivity contribution in [3.63, 3.8) is 0 Å². The van der Waals surface area contributed by atoms with Crippen LogP contribution < -0.4 is 5.73 Å². The standard InChI is InChI=1S/C10H11N3O2/c11-6-9-12-10(15-13-9)5-7-3-1-2-4-8(7)14/h1-4,14H,5-6,11H2. The van der Waals surface area contributed by atoms with Gasteiger partial charge in [-0.3, -0.25) is 0 Å². The van der Waals surface area contributed by atoms with Crippen molar-refractivity contribution < 1.29 is 9.63 Å². The molecule has 0 bridgehead atoms. The van der Waals surface area contributed by atoms with E-state index in [-0.39, 0.29) is 12.3 Å². The molecule has 2 rings (SSSR count). The molecule has 2 aromatic rings. The molecule has 0 saturated carbocycles. The third kappa shape index (κ3) is 2.13. The van der Waals surface area contributed by atoms with Gasteiger partial charge in [-0.1, -0.05) is 23.4 Å². The summed E-state index contributed by atoms with van der Waals surface area (Å²) in [5.74, 6) is 1.15. The van der Waals surface area contributed by atoms with Crippen LogP contribution in [0.5, 0.6) is 5.75 Å². The Bertz CT molecular complexity index is 453. The van der Waals surface area contributed by atoms with Crippen LogP contribution in [0.15, 0.2) is 28.8 Å². The second kappa shape index (κ2) is 4.10. The second-order valence-corrected chi connectivity index (χ2v) is 3.11. The Hall–Kier alpha value is -1.88. The number of benzene rings is 1. The van der Waals surface area contributed by atoms with E-state index in [9.17, 15) is 5.11 Å². The first-order valence-electron chi connectivity index (χ1n) is 4.58. The first kappa shape index (κ1) is 9.67. The van der Waals surface area contributed by atoms with Gasteiger partial charge in [0.15, 0.2) is 5.82 Å². The molecule has 0 aliphatic heterocycles. The number of hydrogen-bond acceptors (Lipinski definition) is 5. The summed E-state index contributed by atoms with van der Waals surface area (Å²) >= 11 is 0. The van der Waals surface area contributed by atoms with Gasteiger partial charge in [-0.2, -0.15) is 4.98 Å². The van der Waals surface area contributed by atoms with E-state index in [0.29, 0.717) is 18.1 Å². The number of phenols is 1. The largest absolute Gasteiger partial charge is 0.508 e. The first-order valence-corrected chi connectivity index (χ1v) is 4.58. The lowest BCUT2D eigenvalue weighted by atomic mass is 10.1. The smallest absolute Gasteiger partial charge is 0.231 e. The second-order valence-electron chi connectivity index (χ2n) is 3.11. The molecule has 0 aliphatic carbocycles. The molecule has 5 heteroatoms. The van der Waals surface area contributed by atoms with Crippen molar-refractivity contribution in [2.24, 2.45) is 5.73 Å². The molecule has 0 radical (unpaired) electrons. The van der Waals surface area contributed by atoms with E-state index >= 15 is 0 Å². The van der Waals surface area contributed by atoms with E-state index in [2.05, 4.69) is 10.1 Å². The molecule has 1 aromatic heterocycles. The number of rotatable bonds is 3. The van der Waals surface area contributed by atoms with Gasteiger partial charge in [0.2, 0.25) is 5.89 Å². The van der Waals surface area contributed by atoms with E-state index in [0.717, 1.165) is 5.56 Å². The molecule has 1 heterocycles. The molecule has 5 nitrogen and oxygen atoms in total. The van der Waals surface area contributed by atoms with Crippen molar-refractivity contribution in [3.8, 4) is 5.75 Å². The Morgan fingerprint density at radius 1 is 1.33 bits per heavy atom. The Labute approximate surface area is 86.5 Å². The van der Waals surface area contributed by atoms with Crippen LogP contribution in [0.1, 0.15) is 17.3 Å². The molecule has 0 spiro atoms. The van der Waals surface area contributed by atoms with Gasteiger partial charge in [0, 0.05) is 5.56 Å². The molecular formula is C10H11N3O2. The molecule has 0 fully saturated rings. The molecule has 1 aromatic carbocycles. The summed E-state index contributed by atoms with van der Waals surface area (Å²) in [7, 11) is 0. The van der Waals surface area contributed by atoms with Gasteiger partial charge < -0.3 is 15.4 Å². The molecule has 0 amide bonds. The van der Waals surface area contributed by atoms with E-state index in [4.69, 9.17) is 10.3 Å². The van der Waals surface area contributed by atoms with Crippen molar-refractivity contribution in [3.05, 3.63) is 41.5 Å². The summed E-state index contributed by atoms with van der Waals surface area (Å²) in [6, 6.07) is 7.03. The maximum absolute atomic E-state index is 9.52. The normalized spacial score (nSPS) is 10.5. The number of para-hydroxylation sites is 1. The van der Waals surface area contributed by atoms with Crippen molar-refractivity contribution in [1.82, 2.24) is 10.1 Å². The van der Waals surface area contributed by atoms with Crippen molar-refractivity contribution in [1.29, 1.82) is 0 Å². The van der Waals surface area contributed by atoms with Crippen LogP contribution in [0.25, 0.3) is 0 Å². The van der Waals surface area contributed by atoms with Crippen molar-refractivity contribution >= 4 is 0 Å². The lowest BCUT2D eigenvalue weighted by Gasteiger charge is -1.99. The zero-order valence-electron chi connectivity index (χ0n) is 8.05. The van der Waals surface area contributed by atoms with Crippen molar-refractivity contribution in [2.75, 3.05) is 0 Å². The van der Waals surface area contributed by atoms with Crippen LogP contribution in [-0.2, 0) is 13.0 Å². The molecule has 0 aliphatic rings. The zero-order chi connectivity index (χ0) is 10.7. The Morgan fingerprint density at radius 3 is 2.80 bits per heavy atom. The van der Waals surface area contributed by atoms with Crippen LogP contribution in [0.3, 0.4) is 0 Å². The third-order valence-corrected chi connectivity index (χ3v) is 2.03. The van der Waals surface area contributed by atoms with Crippen LogP contribution in [0, 0.1) is 0 Å². The summed E-state index contributed by atoms with van der Waals surface area (Å²) in [5.41, 5.74) is 6.11. The predicted molar refractivity (Wildman–Crippen MR) is 53.1 cm³/mol. The van der Waals surface area contributed by atoms with Gasteiger partial charge in [0.05, 0.1) is 13.0 Å². The molecule has 0 saturated heterocycles. The van der Waals surface area contributed by atoms with Crippen molar-refractivity contribution in [2.45, 2.75) is 13.0 Å². The summed E-state index contributed by atoms with van der Waals surface area (Å²) in [5, 5.41) is 13.2. The Balaban J connectivity index is 2.18. The molecule has 78 valence electrons. The highest BCUT2D eigenvalue weighted by atomic mass is 16.5. The van der Waals surface area contributed by atoms with Crippen LogP contribution in [0.4, 0.5) is 0 Å². The van der Waals surface area contributed by atoms with Gasteiger partial charge in [-0.15, -0.1) is 0 Å². The highest BCUT2D eigenvalue weighted by molar-refractivity contribution is 5.33. The number of nitrogens with two attached hydrogens (primary N) is 1. The molecule has 0 unspecified atom stereocenters. The maximum Gasteiger partial charge on any atom is 0.231 e. The lowest BCUT2D eigenvalue weighted by Crippen LogP contribution is -1.98. The minimum absolute atomic E-state index is 0.227. The summed E-state index contributed by atoms with van der Waals surface area (Å²) in [6.07, 6.45) is 0.416. The molecular weight excluding hydrogens is 194 g/mol. The average molecular weight is 205 g/mol. The third-order valence-electron chi connectivity index (χ3n) is 2.03. The number of phenolic OH excluding ortho intramolecular Hbond substituents is 1. The van der Waals surface area contributed by atoms with Gasteiger partial charge in [-0.25, -0.2) is 0 Å². The fraction of sp³-hybridized carbons (Fsp3) is 0.200. The topological polar surface area (TPSA) is 85.2 Å². The van der Waals surface area contributed by atoms with Gasteiger partial charge >= 0.3 is 0 Å². The number of aromatic hydroxyl groups is 1. The Kier molecular flexibility index (Phi) is 2.64. The average Bonchev–Trinajstić information content (AvgIpc) is 2.69. The van der Waals surface area contributed by atoms with Crippen LogP contribution in [0.2, 0.25) is 0 Å². The molecule has 3 N–H and O–H groups in total. The van der Waals surface area contributed by atoms with Crippen LogP contribution in [-0.4, -0.2) is 15.2 Å². The fourth-order valence-corrected chi connectivity index (χ4v) is 1.27. The summed E-state index contributed by atoms with van der Waals surface area (Å²) in [6.45, 7) is 0.254. The predicted octanol–water partition coefficient (Wildman–Crippen LogP) is 0.825. The van der Waals surface area contributed by atoms with E-state index in [1.54, 1.807) is 12.1 Å². The van der Waals surface area contributed by atoms with Gasteiger partial charge in [0.1, 0.15) is 5.75 Å². The van der Waals surface area contributed by atoms with Gasteiger partial charge in [-0.05, 0) is 6.07 Å². The van der Waals surface area contributed by atoms with Gasteiger partial charge in [0.25, 0.3) is 0 Å². The number of nitrogens with zero attached hydrogens (tertiary/aromatic N) is 2. The lowest BCUT2D eigenvalue weighted by molar-refractivity contribution is 0.377. The number of hydrogen-bond donors (Lipinski definition) is 2. The Morgan fingerprint density at radius 2 is 2.13 bits per heavy atom. The maximum atomic E-state index is 9.52.